The van der Waals surface area contributed by atoms with Crippen LogP contribution in [0.5, 0.6) is 0 Å². The van der Waals surface area contributed by atoms with E-state index in [0.717, 1.165) is 41.6 Å². The molecule has 1 aromatic carbocycles. The van der Waals surface area contributed by atoms with Gasteiger partial charge in [-0.15, -0.1) is 0 Å². The van der Waals surface area contributed by atoms with Crippen molar-refractivity contribution in [2.45, 2.75) is 25.8 Å². The minimum Gasteiger partial charge on any atom is -0.356 e. The summed E-state index contributed by atoms with van der Waals surface area (Å²) in [5, 5.41) is 5.40. The van der Waals surface area contributed by atoms with E-state index in [2.05, 4.69) is 52.5 Å². The molecular formula is C17H21N3OS. The highest BCUT2D eigenvalue weighted by atomic mass is 32.2. The third kappa shape index (κ3) is 2.90. The molecule has 1 fully saturated rings. The Labute approximate surface area is 135 Å². The molecule has 5 heteroatoms. The van der Waals surface area contributed by atoms with Crippen LogP contribution < -0.4 is 0 Å². The number of hydrogen-bond acceptors (Lipinski definition) is 4. The van der Waals surface area contributed by atoms with Crippen LogP contribution in [0.1, 0.15) is 30.1 Å². The Morgan fingerprint density at radius 2 is 2.27 bits per heavy atom. The molecule has 1 aliphatic heterocycles. The zero-order valence-electron chi connectivity index (χ0n) is 13.2. The molecule has 0 radical (unpaired) electrons. The fourth-order valence-electron chi connectivity index (χ4n) is 3.02. The first-order valence-electron chi connectivity index (χ1n) is 7.54. The topological polar surface area (TPSA) is 41.6 Å². The van der Waals surface area contributed by atoms with Gasteiger partial charge in [0, 0.05) is 25.2 Å². The molecule has 0 bridgehead atoms. The molecule has 0 amide bonds. The first-order valence-corrected chi connectivity index (χ1v) is 8.76. The van der Waals surface area contributed by atoms with E-state index in [1.54, 1.807) is 11.8 Å². The van der Waals surface area contributed by atoms with Gasteiger partial charge in [-0.2, -0.15) is 0 Å². The lowest BCUT2D eigenvalue weighted by molar-refractivity contribution is 0.362. The van der Waals surface area contributed by atoms with Crippen molar-refractivity contribution in [1.82, 2.24) is 10.1 Å². The summed E-state index contributed by atoms with van der Waals surface area (Å²) in [6, 6.07) is 10.7. The molecule has 0 N–H and O–H groups in total. The van der Waals surface area contributed by atoms with Crippen LogP contribution in [0.4, 0.5) is 0 Å². The first kappa shape index (κ1) is 15.2. The zero-order chi connectivity index (χ0) is 15.5. The van der Waals surface area contributed by atoms with Gasteiger partial charge in [-0.1, -0.05) is 40.7 Å². The van der Waals surface area contributed by atoms with Crippen LogP contribution in [0, 0.1) is 6.92 Å². The summed E-state index contributed by atoms with van der Waals surface area (Å²) in [6.45, 7) is 3.12. The summed E-state index contributed by atoms with van der Waals surface area (Å²) in [7, 11) is 1.85. The maximum absolute atomic E-state index is 5.59. The second kappa shape index (κ2) is 6.57. The normalized spacial score (nSPS) is 19.0. The maximum atomic E-state index is 5.59. The lowest BCUT2D eigenvalue weighted by Gasteiger charge is -2.24. The highest BCUT2D eigenvalue weighted by Crippen LogP contribution is 2.35. The van der Waals surface area contributed by atoms with Crippen LogP contribution in [0.2, 0.25) is 0 Å². The number of rotatable bonds is 2. The maximum Gasteiger partial charge on any atom is 0.167 e. The van der Waals surface area contributed by atoms with Gasteiger partial charge in [0.1, 0.15) is 5.69 Å². The molecular weight excluding hydrogens is 294 g/mol. The number of benzene rings is 1. The molecule has 3 rings (SSSR count). The fraction of sp³-hybridized carbons (Fsp3) is 0.412. The van der Waals surface area contributed by atoms with Gasteiger partial charge in [-0.05, 0) is 32.1 Å². The summed E-state index contributed by atoms with van der Waals surface area (Å²) in [5.74, 6) is 0.838. The molecule has 22 heavy (non-hydrogen) atoms. The van der Waals surface area contributed by atoms with Crippen LogP contribution in [-0.4, -0.2) is 35.1 Å². The Morgan fingerprint density at radius 1 is 1.41 bits per heavy atom. The molecule has 0 saturated carbocycles. The molecule has 1 aliphatic rings. The van der Waals surface area contributed by atoms with Gasteiger partial charge >= 0.3 is 0 Å². The van der Waals surface area contributed by atoms with Gasteiger partial charge in [0.25, 0.3) is 0 Å². The van der Waals surface area contributed by atoms with Crippen molar-refractivity contribution >= 4 is 16.9 Å². The number of nitrogens with zero attached hydrogens (tertiary/aromatic N) is 3. The summed E-state index contributed by atoms with van der Waals surface area (Å²) in [5.41, 5.74) is 3.31. The summed E-state index contributed by atoms with van der Waals surface area (Å²) in [4.78, 5) is 6.72. The Balaban J connectivity index is 1.87. The van der Waals surface area contributed by atoms with Crippen LogP contribution in [0.15, 0.2) is 39.8 Å². The van der Waals surface area contributed by atoms with Gasteiger partial charge in [0.2, 0.25) is 0 Å². The molecule has 0 unspecified atom stereocenters. The number of hydrogen-bond donors (Lipinski definition) is 0. The second-order valence-corrected chi connectivity index (χ2v) is 6.32. The highest BCUT2D eigenvalue weighted by molar-refractivity contribution is 8.13. The molecule has 2 aromatic rings. The highest BCUT2D eigenvalue weighted by Gasteiger charge is 2.30. The van der Waals surface area contributed by atoms with Crippen LogP contribution in [0.3, 0.4) is 0 Å². The van der Waals surface area contributed by atoms with Crippen LogP contribution in [-0.2, 0) is 0 Å². The largest absolute Gasteiger partial charge is 0.356 e. The fourth-order valence-corrected chi connectivity index (χ4v) is 3.66. The summed E-state index contributed by atoms with van der Waals surface area (Å²) >= 11 is 1.69. The van der Waals surface area contributed by atoms with E-state index < -0.39 is 0 Å². The van der Waals surface area contributed by atoms with Crippen molar-refractivity contribution in [3.63, 3.8) is 0 Å². The first-order chi connectivity index (χ1) is 10.7. The quantitative estimate of drug-likeness (QED) is 0.617. The van der Waals surface area contributed by atoms with E-state index in [1.165, 1.54) is 5.56 Å². The third-order valence-corrected chi connectivity index (χ3v) is 4.83. The Bertz CT molecular complexity index is 680. The van der Waals surface area contributed by atoms with Gasteiger partial charge in [-0.3, -0.25) is 4.99 Å². The molecule has 116 valence electrons. The van der Waals surface area contributed by atoms with Crippen molar-refractivity contribution in [1.29, 1.82) is 0 Å². The molecule has 2 heterocycles. The van der Waals surface area contributed by atoms with Crippen LogP contribution >= 0.6 is 11.8 Å². The van der Waals surface area contributed by atoms with E-state index >= 15 is 0 Å². The van der Waals surface area contributed by atoms with Crippen molar-refractivity contribution in [2.24, 2.45) is 4.99 Å². The molecule has 0 aliphatic carbocycles. The van der Waals surface area contributed by atoms with E-state index in [1.807, 2.05) is 13.1 Å². The Morgan fingerprint density at radius 3 is 3.00 bits per heavy atom. The standard InChI is InChI=1S/C17H21N3OS/c1-12-6-4-7-13(10-12)16-11-14(19-21-16)15-8-5-9-20(15)17(18-2)22-3/h4,6-7,10-11,15H,5,8-9H2,1-3H3/t15-/m1/s1. The number of likely N-dealkylation sites (tertiary alicyclic amines) is 1. The molecule has 1 aromatic heterocycles. The average Bonchev–Trinajstić information content (AvgIpc) is 3.17. The van der Waals surface area contributed by atoms with Gasteiger partial charge in [0.15, 0.2) is 10.9 Å². The SMILES string of the molecule is CN=C(SC)N1CCC[C@@H]1c1cc(-c2cccc(C)c2)on1. The summed E-state index contributed by atoms with van der Waals surface area (Å²) in [6.07, 6.45) is 4.33. The van der Waals surface area contributed by atoms with Gasteiger partial charge in [0.05, 0.1) is 6.04 Å². The molecule has 1 atom stereocenters. The van der Waals surface area contributed by atoms with Crippen LogP contribution in [0.25, 0.3) is 11.3 Å². The lowest BCUT2D eigenvalue weighted by atomic mass is 10.1. The van der Waals surface area contributed by atoms with Crippen molar-refractivity contribution in [3.05, 3.63) is 41.6 Å². The predicted molar refractivity (Wildman–Crippen MR) is 92.2 cm³/mol. The monoisotopic (exact) mass is 315 g/mol. The average molecular weight is 315 g/mol. The smallest absolute Gasteiger partial charge is 0.167 e. The number of thioether (sulfide) groups is 1. The van der Waals surface area contributed by atoms with E-state index in [9.17, 15) is 0 Å². The minimum atomic E-state index is 0.272. The zero-order valence-corrected chi connectivity index (χ0v) is 14.1. The molecule has 0 spiro atoms. The van der Waals surface area contributed by atoms with E-state index in [0.29, 0.717) is 0 Å². The molecule has 1 saturated heterocycles. The third-order valence-electron chi connectivity index (χ3n) is 4.04. The van der Waals surface area contributed by atoms with Crippen molar-refractivity contribution < 1.29 is 4.52 Å². The number of aliphatic imine (C=N–C) groups is 1. The van der Waals surface area contributed by atoms with Crippen molar-refractivity contribution in [3.8, 4) is 11.3 Å². The number of aryl methyl sites for hydroxylation is 1. The van der Waals surface area contributed by atoms with E-state index in [4.69, 9.17) is 4.52 Å². The predicted octanol–water partition coefficient (Wildman–Crippen LogP) is 4.14. The van der Waals surface area contributed by atoms with Crippen molar-refractivity contribution in [2.75, 3.05) is 19.8 Å². The number of aromatic nitrogens is 1. The van der Waals surface area contributed by atoms with Gasteiger partial charge in [-0.25, -0.2) is 0 Å². The summed E-state index contributed by atoms with van der Waals surface area (Å²) < 4.78 is 5.59. The van der Waals surface area contributed by atoms with E-state index in [-0.39, 0.29) is 6.04 Å². The Kier molecular flexibility index (Phi) is 4.52. The Hall–Kier alpha value is -1.75. The van der Waals surface area contributed by atoms with Gasteiger partial charge < -0.3 is 9.42 Å². The second-order valence-electron chi connectivity index (χ2n) is 5.55. The molecule has 4 nitrogen and oxygen atoms in total. The lowest BCUT2D eigenvalue weighted by Crippen LogP contribution is -2.28. The minimum absolute atomic E-state index is 0.272. The number of amidine groups is 1.